The smallest absolute Gasteiger partial charge is 0.227 e. The zero-order valence-electron chi connectivity index (χ0n) is 13.7. The van der Waals surface area contributed by atoms with E-state index in [2.05, 4.69) is 10.2 Å². The topological polar surface area (TPSA) is 68.5 Å². The summed E-state index contributed by atoms with van der Waals surface area (Å²) in [5.74, 6) is -1.19. The number of halogens is 2. The number of carbonyl (C=O) groups is 1. The van der Waals surface area contributed by atoms with Gasteiger partial charge in [-0.15, -0.1) is 10.2 Å². The van der Waals surface area contributed by atoms with Crippen molar-refractivity contribution in [1.29, 1.82) is 0 Å². The quantitative estimate of drug-likeness (QED) is 0.842. The van der Waals surface area contributed by atoms with Crippen LogP contribution in [0.25, 0.3) is 0 Å². The van der Waals surface area contributed by atoms with Crippen LogP contribution in [0.15, 0.2) is 22.6 Å². The van der Waals surface area contributed by atoms with Gasteiger partial charge in [-0.05, 0) is 6.07 Å². The molecule has 2 aromatic rings. The zero-order valence-corrected chi connectivity index (χ0v) is 13.7. The van der Waals surface area contributed by atoms with Gasteiger partial charge in [-0.25, -0.2) is 8.78 Å². The summed E-state index contributed by atoms with van der Waals surface area (Å²) in [4.78, 5) is 14.3. The summed E-state index contributed by atoms with van der Waals surface area (Å²) in [5, 5.41) is 8.00. The third-order valence-electron chi connectivity index (χ3n) is 5.05. The number of ether oxygens (including phenoxy) is 1. The molecule has 0 saturated carbocycles. The molecule has 0 radical (unpaired) electrons. The van der Waals surface area contributed by atoms with Crippen LogP contribution in [0, 0.1) is 24.5 Å². The molecular weight excluding hydrogens is 332 g/mol. The number of rotatable bonds is 3. The molecule has 0 bridgehead atoms. The second-order valence-electron chi connectivity index (χ2n) is 6.66. The highest BCUT2D eigenvalue weighted by Crippen LogP contribution is 2.43. The van der Waals surface area contributed by atoms with Crippen LogP contribution in [0.4, 0.5) is 8.78 Å². The summed E-state index contributed by atoms with van der Waals surface area (Å²) in [7, 11) is 0. The lowest BCUT2D eigenvalue weighted by Gasteiger charge is -2.23. The molecule has 0 unspecified atom stereocenters. The second kappa shape index (κ2) is 5.87. The van der Waals surface area contributed by atoms with Crippen LogP contribution < -0.4 is 0 Å². The van der Waals surface area contributed by atoms with Gasteiger partial charge in [0, 0.05) is 31.5 Å². The molecule has 8 heteroatoms. The molecule has 25 heavy (non-hydrogen) atoms. The fourth-order valence-electron chi connectivity index (χ4n) is 3.69. The van der Waals surface area contributed by atoms with Crippen LogP contribution >= 0.6 is 0 Å². The zero-order chi connectivity index (χ0) is 17.6. The summed E-state index contributed by atoms with van der Waals surface area (Å²) in [6, 6.07) is 3.86. The van der Waals surface area contributed by atoms with Crippen molar-refractivity contribution in [2.75, 3.05) is 26.3 Å². The molecule has 3 heterocycles. The number of fused-ring (bicyclic) bond motifs is 1. The van der Waals surface area contributed by atoms with E-state index in [4.69, 9.17) is 9.15 Å². The number of hydrogen-bond acceptors (Lipinski definition) is 5. The predicted molar refractivity (Wildman–Crippen MR) is 81.7 cm³/mol. The van der Waals surface area contributed by atoms with E-state index in [1.165, 1.54) is 12.1 Å². The highest BCUT2D eigenvalue weighted by Gasteiger charge is 2.56. The highest BCUT2D eigenvalue weighted by molar-refractivity contribution is 5.79. The van der Waals surface area contributed by atoms with Gasteiger partial charge in [0.2, 0.25) is 17.7 Å². The van der Waals surface area contributed by atoms with E-state index in [0.29, 0.717) is 38.1 Å². The Bertz CT molecular complexity index is 825. The molecular formula is C17H17F2N3O3. The molecule has 4 rings (SSSR count). The van der Waals surface area contributed by atoms with Crippen molar-refractivity contribution in [3.05, 3.63) is 47.2 Å². The molecule has 0 aliphatic carbocycles. The highest BCUT2D eigenvalue weighted by atomic mass is 19.2. The maximum Gasteiger partial charge on any atom is 0.227 e. The molecule has 6 nitrogen and oxygen atoms in total. The summed E-state index contributed by atoms with van der Waals surface area (Å²) < 4.78 is 38.3. The Morgan fingerprint density at radius 2 is 2.24 bits per heavy atom. The summed E-state index contributed by atoms with van der Waals surface area (Å²) in [5.41, 5.74) is -0.460. The second-order valence-corrected chi connectivity index (χ2v) is 6.66. The number of hydrogen-bond donors (Lipinski definition) is 0. The monoisotopic (exact) mass is 349 g/mol. The molecule has 1 aromatic heterocycles. The molecule has 2 atom stereocenters. The van der Waals surface area contributed by atoms with Crippen molar-refractivity contribution in [2.45, 2.75) is 18.8 Å². The lowest BCUT2D eigenvalue weighted by molar-refractivity contribution is -0.130. The van der Waals surface area contributed by atoms with Crippen LogP contribution in [-0.2, 0) is 21.4 Å². The van der Waals surface area contributed by atoms with Gasteiger partial charge in [0.15, 0.2) is 11.6 Å². The molecule has 0 spiro atoms. The number of carbonyl (C=O) groups excluding carboxylic acids is 1. The Kier molecular flexibility index (Phi) is 3.79. The third-order valence-corrected chi connectivity index (χ3v) is 5.05. The van der Waals surface area contributed by atoms with E-state index in [9.17, 15) is 13.6 Å². The first-order valence-corrected chi connectivity index (χ1v) is 8.08. The Balaban J connectivity index is 1.55. The van der Waals surface area contributed by atoms with E-state index in [1.807, 2.05) is 0 Å². The average Bonchev–Trinajstić information content (AvgIpc) is 3.25. The number of amides is 1. The van der Waals surface area contributed by atoms with Crippen LogP contribution in [-0.4, -0.2) is 47.3 Å². The van der Waals surface area contributed by atoms with E-state index in [-0.39, 0.29) is 23.8 Å². The van der Waals surface area contributed by atoms with Gasteiger partial charge < -0.3 is 14.1 Å². The van der Waals surface area contributed by atoms with Crippen molar-refractivity contribution in [2.24, 2.45) is 5.92 Å². The molecule has 1 amide bonds. The predicted octanol–water partition coefficient (Wildman–Crippen LogP) is 1.63. The van der Waals surface area contributed by atoms with Gasteiger partial charge in [-0.1, -0.05) is 12.1 Å². The molecule has 132 valence electrons. The lowest BCUT2D eigenvalue weighted by Crippen LogP contribution is -2.38. The first-order chi connectivity index (χ1) is 12.0. The Hall–Kier alpha value is -2.35. The molecule has 0 N–H and O–H groups in total. The van der Waals surface area contributed by atoms with Crippen LogP contribution in [0.5, 0.6) is 0 Å². The molecule has 2 aliphatic rings. The minimum atomic E-state index is -0.971. The first kappa shape index (κ1) is 16.1. The fraction of sp³-hybridized carbons (Fsp3) is 0.471. The van der Waals surface area contributed by atoms with E-state index in [1.54, 1.807) is 11.8 Å². The largest absolute Gasteiger partial charge is 0.425 e. The Labute approximate surface area is 142 Å². The van der Waals surface area contributed by atoms with Gasteiger partial charge in [-0.3, -0.25) is 4.79 Å². The third kappa shape index (κ3) is 2.60. The van der Waals surface area contributed by atoms with Crippen molar-refractivity contribution >= 4 is 5.91 Å². The number of nitrogens with zero attached hydrogens (tertiary/aromatic N) is 3. The lowest BCUT2D eigenvalue weighted by atomic mass is 9.81. The number of likely N-dealkylation sites (tertiary alicyclic amines) is 1. The van der Waals surface area contributed by atoms with Crippen molar-refractivity contribution in [3.63, 3.8) is 0 Å². The Morgan fingerprint density at radius 1 is 1.40 bits per heavy atom. The van der Waals surface area contributed by atoms with Gasteiger partial charge in [0.05, 0.1) is 25.0 Å². The normalized spacial score (nSPS) is 25.4. The maximum atomic E-state index is 13.8. The van der Waals surface area contributed by atoms with Crippen molar-refractivity contribution in [3.8, 4) is 0 Å². The van der Waals surface area contributed by atoms with Crippen LogP contribution in [0.3, 0.4) is 0 Å². The average molecular weight is 349 g/mol. The Morgan fingerprint density at radius 3 is 3.00 bits per heavy atom. The fourth-order valence-corrected chi connectivity index (χ4v) is 3.69. The first-order valence-electron chi connectivity index (χ1n) is 8.08. The van der Waals surface area contributed by atoms with E-state index < -0.39 is 17.0 Å². The van der Waals surface area contributed by atoms with Gasteiger partial charge >= 0.3 is 0 Å². The van der Waals surface area contributed by atoms with Crippen molar-refractivity contribution < 1.29 is 22.7 Å². The molecule has 2 aliphatic heterocycles. The molecule has 1 aromatic carbocycles. The summed E-state index contributed by atoms with van der Waals surface area (Å²) in [6.45, 7) is 3.45. The summed E-state index contributed by atoms with van der Waals surface area (Å²) >= 11 is 0. The van der Waals surface area contributed by atoms with Gasteiger partial charge in [-0.2, -0.15) is 0 Å². The standard InChI is InChI=1S/C17H17F2N3O3/c1-10-20-21-16(25-10)17-8-22(6-12(17)7-24-9-17)14(23)5-11-3-2-4-13(18)15(11)19/h2-4,12H,5-9H2,1H3/t12-,17-/m0/s1. The SMILES string of the molecule is Cc1nnc([C@@]23COC[C@@H]2CN(C(=O)Cc2cccc(F)c2F)C3)o1. The molecule has 2 saturated heterocycles. The number of benzene rings is 1. The number of aromatic nitrogens is 2. The maximum absolute atomic E-state index is 13.8. The number of aryl methyl sites for hydroxylation is 1. The van der Waals surface area contributed by atoms with Crippen molar-refractivity contribution in [1.82, 2.24) is 15.1 Å². The van der Waals surface area contributed by atoms with Gasteiger partial charge in [0.25, 0.3) is 0 Å². The van der Waals surface area contributed by atoms with E-state index in [0.717, 1.165) is 6.07 Å². The minimum absolute atomic E-state index is 0.0497. The minimum Gasteiger partial charge on any atom is -0.425 e. The van der Waals surface area contributed by atoms with Crippen LogP contribution in [0.1, 0.15) is 17.3 Å². The summed E-state index contributed by atoms with van der Waals surface area (Å²) in [6.07, 6.45) is -0.184. The van der Waals surface area contributed by atoms with E-state index >= 15 is 0 Å². The molecule has 2 fully saturated rings. The van der Waals surface area contributed by atoms with Gasteiger partial charge in [0.1, 0.15) is 0 Å². The van der Waals surface area contributed by atoms with Crippen LogP contribution in [0.2, 0.25) is 0 Å².